The van der Waals surface area contributed by atoms with Crippen LogP contribution in [0.4, 0.5) is 5.69 Å². The van der Waals surface area contributed by atoms with E-state index in [1.165, 1.54) is 32.8 Å². The summed E-state index contributed by atoms with van der Waals surface area (Å²) in [4.78, 5) is 13.5. The van der Waals surface area contributed by atoms with Crippen molar-refractivity contribution in [2.24, 2.45) is 5.92 Å². The average Bonchev–Trinajstić information content (AvgIpc) is 3.32. The molecule has 3 aromatic rings. The number of sulfonamides is 1. The number of nitrogens with one attached hydrogen (secondary N) is 3. The quantitative estimate of drug-likeness (QED) is 0.214. The molecule has 0 spiro atoms. The second kappa shape index (κ2) is 12.9. The van der Waals surface area contributed by atoms with E-state index in [0.29, 0.717) is 45.0 Å². The van der Waals surface area contributed by atoms with Crippen LogP contribution in [0.3, 0.4) is 0 Å². The van der Waals surface area contributed by atoms with E-state index >= 15 is 0 Å². The number of hydrogen-bond acceptors (Lipinski definition) is 7. The Bertz CT molecular complexity index is 1640. The Kier molecular flexibility index (Phi) is 9.17. The van der Waals surface area contributed by atoms with Gasteiger partial charge in [0.05, 0.1) is 24.8 Å². The maximum atomic E-state index is 13.5. The Hall–Kier alpha value is -3.76. The van der Waals surface area contributed by atoms with Crippen LogP contribution in [0.25, 0.3) is 0 Å². The van der Waals surface area contributed by atoms with Crippen LogP contribution in [-0.2, 0) is 10.0 Å². The van der Waals surface area contributed by atoms with Gasteiger partial charge in [0.25, 0.3) is 15.9 Å². The molecular weight excluding hydrogens is 590 g/mol. The minimum absolute atomic E-state index is 0.0312. The molecule has 228 valence electrons. The molecule has 1 fully saturated rings. The first-order valence-corrected chi connectivity index (χ1v) is 16.2. The molecule has 0 saturated heterocycles. The number of amides is 1. The largest absolute Gasteiger partial charge is 0.493 e. The lowest BCUT2D eigenvalue weighted by atomic mass is 9.80. The van der Waals surface area contributed by atoms with Crippen molar-refractivity contribution in [1.82, 2.24) is 5.32 Å². The third-order valence-corrected chi connectivity index (χ3v) is 9.74. The highest BCUT2D eigenvalue weighted by molar-refractivity contribution is 7.92. The molecule has 0 bridgehead atoms. The van der Waals surface area contributed by atoms with Crippen molar-refractivity contribution in [2.75, 3.05) is 18.9 Å². The Balaban J connectivity index is 1.50. The Morgan fingerprint density at radius 1 is 1.02 bits per heavy atom. The summed E-state index contributed by atoms with van der Waals surface area (Å²) in [5, 5.41) is 11.8. The lowest BCUT2D eigenvalue weighted by molar-refractivity contribution is 0.0808. The summed E-state index contributed by atoms with van der Waals surface area (Å²) >= 11 is 6.06. The van der Waals surface area contributed by atoms with Crippen LogP contribution in [0.2, 0.25) is 5.02 Å². The van der Waals surface area contributed by atoms with Crippen molar-refractivity contribution >= 4 is 38.9 Å². The summed E-state index contributed by atoms with van der Waals surface area (Å²) in [6, 6.07) is 14.3. The molecule has 3 aromatic carbocycles. The van der Waals surface area contributed by atoms with Crippen molar-refractivity contribution in [3.05, 3.63) is 76.3 Å². The van der Waals surface area contributed by atoms with Gasteiger partial charge >= 0.3 is 0 Å². The molecule has 1 amide bonds. The predicted octanol–water partition coefficient (Wildman–Crippen LogP) is 6.75. The molecule has 1 aliphatic carbocycles. The molecular formula is C32H36ClN3O6S. The first-order chi connectivity index (χ1) is 20.6. The molecule has 5 rings (SSSR count). The number of halogens is 1. The molecule has 0 radical (unpaired) electrons. The molecule has 2 unspecified atom stereocenters. The fourth-order valence-corrected chi connectivity index (χ4v) is 7.31. The Morgan fingerprint density at radius 2 is 1.77 bits per heavy atom. The van der Waals surface area contributed by atoms with Gasteiger partial charge < -0.3 is 24.9 Å². The number of benzene rings is 3. The number of anilines is 1. The van der Waals surface area contributed by atoms with E-state index < -0.39 is 16.3 Å². The molecule has 1 saturated carbocycles. The average molecular weight is 626 g/mol. The number of ether oxygens (including phenoxy) is 3. The summed E-state index contributed by atoms with van der Waals surface area (Å²) in [6.07, 6.45) is 5.72. The predicted molar refractivity (Wildman–Crippen MR) is 167 cm³/mol. The highest BCUT2D eigenvalue weighted by Gasteiger charge is 2.39. The summed E-state index contributed by atoms with van der Waals surface area (Å²) < 4.78 is 46.3. The van der Waals surface area contributed by atoms with Crippen LogP contribution in [0, 0.1) is 11.3 Å². The molecule has 1 aliphatic heterocycles. The first-order valence-electron chi connectivity index (χ1n) is 14.3. The van der Waals surface area contributed by atoms with E-state index in [2.05, 4.69) is 10.0 Å². The molecule has 1 heterocycles. The zero-order chi connectivity index (χ0) is 30.7. The van der Waals surface area contributed by atoms with Crippen molar-refractivity contribution in [3.8, 4) is 17.2 Å². The van der Waals surface area contributed by atoms with Crippen LogP contribution in [0.1, 0.15) is 72.9 Å². The number of rotatable bonds is 10. The van der Waals surface area contributed by atoms with Crippen molar-refractivity contribution < 1.29 is 27.4 Å². The monoisotopic (exact) mass is 625 g/mol. The van der Waals surface area contributed by atoms with Gasteiger partial charge in [0.15, 0.2) is 17.7 Å². The Labute approximate surface area is 257 Å². The molecule has 9 nitrogen and oxygen atoms in total. The minimum atomic E-state index is -3.96. The van der Waals surface area contributed by atoms with Gasteiger partial charge in [-0.1, -0.05) is 49.8 Å². The summed E-state index contributed by atoms with van der Waals surface area (Å²) in [6.45, 7) is 1.62. The number of carbonyl (C=O) groups is 1. The lowest BCUT2D eigenvalue weighted by Gasteiger charge is -2.27. The topological polar surface area (TPSA) is 127 Å². The maximum absolute atomic E-state index is 13.5. The highest BCUT2D eigenvalue weighted by atomic mass is 35.5. The second-order valence-electron chi connectivity index (χ2n) is 11.1. The van der Waals surface area contributed by atoms with Gasteiger partial charge in [0.2, 0.25) is 0 Å². The fourth-order valence-electron chi connectivity index (χ4n) is 5.97. The summed E-state index contributed by atoms with van der Waals surface area (Å²) in [5.74, 6) is 1.26. The summed E-state index contributed by atoms with van der Waals surface area (Å²) in [7, 11) is -0.918. The molecule has 0 aromatic heterocycles. The van der Waals surface area contributed by atoms with E-state index in [0.717, 1.165) is 37.7 Å². The number of methoxy groups -OCH3 is 2. The van der Waals surface area contributed by atoms with Crippen molar-refractivity contribution in [1.29, 1.82) is 5.41 Å². The highest BCUT2D eigenvalue weighted by Crippen LogP contribution is 2.47. The number of carbonyl (C=O) groups excluding carboxylic acids is 1. The van der Waals surface area contributed by atoms with Crippen molar-refractivity contribution in [2.45, 2.75) is 62.5 Å². The smallest absolute Gasteiger partial charge is 0.261 e. The standard InChI is InChI=1S/C32H36ClN3O6S/c1-19(34)25-17-23(36-43(38,39)24-11-7-10-22(33)16-24)18-26-27(14-20-8-5-4-6-9-20)32(42-30(25)26)35-31(37)21-12-13-28(40-2)29(15-21)41-3/h7,10-13,15-18,20,27,32,34,36H,4-6,8-9,14H2,1-3H3,(H,35,37). The maximum Gasteiger partial charge on any atom is 0.261 e. The second-order valence-corrected chi connectivity index (χ2v) is 13.2. The molecule has 43 heavy (non-hydrogen) atoms. The van der Waals surface area contributed by atoms with Gasteiger partial charge in [-0.2, -0.15) is 0 Å². The molecule has 3 N–H and O–H groups in total. The molecule has 11 heteroatoms. The van der Waals surface area contributed by atoms with Gasteiger partial charge in [-0.25, -0.2) is 8.42 Å². The van der Waals surface area contributed by atoms with E-state index in [4.69, 9.17) is 31.2 Å². The number of hydrogen-bond donors (Lipinski definition) is 3. The van der Waals surface area contributed by atoms with Gasteiger partial charge in [-0.3, -0.25) is 9.52 Å². The SMILES string of the molecule is COc1ccc(C(=O)NC2Oc3c(C(C)=N)cc(NS(=O)(=O)c4cccc(Cl)c4)cc3C2CC2CCCCC2)cc1OC. The normalized spacial score (nSPS) is 18.3. The van der Waals surface area contributed by atoms with Crippen LogP contribution >= 0.6 is 11.6 Å². The molecule has 2 atom stereocenters. The van der Waals surface area contributed by atoms with Gasteiger partial charge in [0.1, 0.15) is 5.75 Å². The molecule has 2 aliphatic rings. The first kappa shape index (κ1) is 30.7. The van der Waals surface area contributed by atoms with Crippen LogP contribution in [0.15, 0.2) is 59.5 Å². The van der Waals surface area contributed by atoms with Crippen LogP contribution in [-0.4, -0.2) is 40.5 Å². The lowest BCUT2D eigenvalue weighted by Crippen LogP contribution is -2.41. The van der Waals surface area contributed by atoms with E-state index in [1.807, 2.05) is 0 Å². The fraction of sp³-hybridized carbons (Fsp3) is 0.375. The summed E-state index contributed by atoms with van der Waals surface area (Å²) in [5.41, 5.74) is 2.12. The van der Waals surface area contributed by atoms with E-state index in [1.54, 1.807) is 49.4 Å². The van der Waals surface area contributed by atoms with Gasteiger partial charge in [-0.15, -0.1) is 0 Å². The Morgan fingerprint density at radius 3 is 2.44 bits per heavy atom. The van der Waals surface area contributed by atoms with Gasteiger partial charge in [-0.05, 0) is 67.8 Å². The van der Waals surface area contributed by atoms with Crippen LogP contribution < -0.4 is 24.2 Å². The van der Waals surface area contributed by atoms with Crippen molar-refractivity contribution in [3.63, 3.8) is 0 Å². The number of fused-ring (bicyclic) bond motifs is 1. The zero-order valence-electron chi connectivity index (χ0n) is 24.4. The van der Waals surface area contributed by atoms with Gasteiger partial charge in [0, 0.05) is 33.3 Å². The van der Waals surface area contributed by atoms with E-state index in [9.17, 15) is 13.2 Å². The zero-order valence-corrected chi connectivity index (χ0v) is 26.0. The third-order valence-electron chi connectivity index (χ3n) is 8.12. The van der Waals surface area contributed by atoms with E-state index in [-0.39, 0.29) is 22.4 Å². The van der Waals surface area contributed by atoms with Crippen LogP contribution in [0.5, 0.6) is 17.2 Å². The third kappa shape index (κ3) is 6.75. The minimum Gasteiger partial charge on any atom is -0.493 e.